The highest BCUT2D eigenvalue weighted by Gasteiger charge is 2.49. The monoisotopic (exact) mass is 316 g/mol. The van der Waals surface area contributed by atoms with Gasteiger partial charge >= 0.3 is 0 Å². The molecule has 1 aliphatic carbocycles. The molecule has 6 nitrogen and oxygen atoms in total. The lowest BCUT2D eigenvalue weighted by molar-refractivity contribution is -0.143. The highest BCUT2D eigenvalue weighted by atomic mass is 16.2. The van der Waals surface area contributed by atoms with Crippen LogP contribution >= 0.6 is 0 Å². The Bertz CT molecular complexity index is 653. The number of carbonyl (C=O) groups excluding carboxylic acids is 2. The van der Waals surface area contributed by atoms with Crippen molar-refractivity contribution in [3.63, 3.8) is 0 Å². The first-order valence-corrected chi connectivity index (χ1v) is 8.72. The third-order valence-electron chi connectivity index (χ3n) is 5.85. The van der Waals surface area contributed by atoms with Crippen LogP contribution in [0, 0.1) is 5.41 Å². The Labute approximate surface area is 136 Å². The van der Waals surface area contributed by atoms with Gasteiger partial charge in [-0.2, -0.15) is 5.10 Å². The summed E-state index contributed by atoms with van der Waals surface area (Å²) in [5.74, 6) is 0.213. The minimum absolute atomic E-state index is 0.00213. The van der Waals surface area contributed by atoms with Gasteiger partial charge in [0, 0.05) is 37.9 Å². The number of carbonyl (C=O) groups is 2. The molecule has 1 atom stereocenters. The van der Waals surface area contributed by atoms with Gasteiger partial charge < -0.3 is 9.80 Å². The van der Waals surface area contributed by atoms with Gasteiger partial charge in [0.05, 0.1) is 5.41 Å². The Hall–Kier alpha value is -1.85. The molecule has 1 aromatic heterocycles. The van der Waals surface area contributed by atoms with Crippen molar-refractivity contribution in [2.75, 3.05) is 26.7 Å². The van der Waals surface area contributed by atoms with Gasteiger partial charge in [-0.3, -0.25) is 14.7 Å². The Morgan fingerprint density at radius 2 is 2.00 bits per heavy atom. The molecule has 2 aliphatic heterocycles. The zero-order chi connectivity index (χ0) is 16.0. The van der Waals surface area contributed by atoms with E-state index in [4.69, 9.17) is 0 Å². The van der Waals surface area contributed by atoms with Crippen LogP contribution in [0.5, 0.6) is 0 Å². The van der Waals surface area contributed by atoms with Crippen LogP contribution in [-0.4, -0.2) is 58.5 Å². The second kappa shape index (κ2) is 5.35. The highest BCUT2D eigenvalue weighted by Crippen LogP contribution is 2.40. The molecule has 23 heavy (non-hydrogen) atoms. The zero-order valence-corrected chi connectivity index (χ0v) is 13.7. The average molecular weight is 316 g/mol. The number of piperidine rings is 1. The molecule has 3 heterocycles. The van der Waals surface area contributed by atoms with E-state index in [-0.39, 0.29) is 17.2 Å². The van der Waals surface area contributed by atoms with Crippen molar-refractivity contribution >= 4 is 11.8 Å². The van der Waals surface area contributed by atoms with Crippen LogP contribution in [0.2, 0.25) is 0 Å². The number of nitrogens with zero attached hydrogens (tertiary/aromatic N) is 3. The minimum Gasteiger partial charge on any atom is -0.345 e. The first-order valence-electron chi connectivity index (χ1n) is 8.72. The largest absolute Gasteiger partial charge is 0.345 e. The van der Waals surface area contributed by atoms with E-state index >= 15 is 0 Å². The van der Waals surface area contributed by atoms with Gasteiger partial charge in [0.15, 0.2) is 5.69 Å². The number of likely N-dealkylation sites (tertiary alicyclic amines) is 2. The normalized spacial score (nSPS) is 27.6. The molecule has 0 unspecified atom stereocenters. The Balaban J connectivity index is 1.55. The number of aromatic nitrogens is 2. The third kappa shape index (κ3) is 2.26. The van der Waals surface area contributed by atoms with Crippen LogP contribution in [-0.2, 0) is 17.6 Å². The smallest absolute Gasteiger partial charge is 0.274 e. The molecule has 2 fully saturated rings. The number of rotatable bonds is 1. The van der Waals surface area contributed by atoms with E-state index in [2.05, 4.69) is 10.2 Å². The van der Waals surface area contributed by atoms with Crippen LogP contribution in [0.4, 0.5) is 0 Å². The van der Waals surface area contributed by atoms with Gasteiger partial charge in [0.1, 0.15) is 0 Å². The number of fused-ring (bicyclic) bond motifs is 1. The fraction of sp³-hybridized carbons (Fsp3) is 0.706. The molecule has 6 heteroatoms. The maximum Gasteiger partial charge on any atom is 0.274 e. The van der Waals surface area contributed by atoms with E-state index in [1.165, 1.54) is 0 Å². The molecule has 124 valence electrons. The summed E-state index contributed by atoms with van der Waals surface area (Å²) in [6, 6.07) is 0. The molecule has 2 saturated heterocycles. The van der Waals surface area contributed by atoms with E-state index in [0.29, 0.717) is 18.8 Å². The van der Waals surface area contributed by atoms with Crippen molar-refractivity contribution in [2.24, 2.45) is 5.41 Å². The Morgan fingerprint density at radius 1 is 1.17 bits per heavy atom. The fourth-order valence-electron chi connectivity index (χ4n) is 4.50. The summed E-state index contributed by atoms with van der Waals surface area (Å²) in [6.07, 6.45) is 6.93. The lowest BCUT2D eigenvalue weighted by atomic mass is 9.78. The van der Waals surface area contributed by atoms with Crippen molar-refractivity contribution < 1.29 is 9.59 Å². The van der Waals surface area contributed by atoms with Gasteiger partial charge in [-0.15, -0.1) is 0 Å². The molecule has 2 amide bonds. The third-order valence-corrected chi connectivity index (χ3v) is 5.85. The number of amides is 2. The van der Waals surface area contributed by atoms with Crippen LogP contribution < -0.4 is 0 Å². The van der Waals surface area contributed by atoms with Crippen molar-refractivity contribution in [2.45, 2.75) is 44.9 Å². The number of H-pyrrole nitrogens is 1. The second-order valence-electron chi connectivity index (χ2n) is 7.32. The first-order chi connectivity index (χ1) is 11.1. The number of hydrogen-bond donors (Lipinski definition) is 1. The maximum atomic E-state index is 12.9. The molecule has 1 N–H and O–H groups in total. The summed E-state index contributed by atoms with van der Waals surface area (Å²) in [5, 5.41) is 7.34. The molecule has 4 rings (SSSR count). The average Bonchev–Trinajstić information content (AvgIpc) is 3.17. The van der Waals surface area contributed by atoms with E-state index in [9.17, 15) is 9.59 Å². The van der Waals surface area contributed by atoms with E-state index in [1.807, 2.05) is 16.8 Å². The van der Waals surface area contributed by atoms with Crippen molar-refractivity contribution in [1.29, 1.82) is 0 Å². The number of nitrogens with one attached hydrogen (secondary N) is 1. The Kier molecular flexibility index (Phi) is 3.43. The Morgan fingerprint density at radius 3 is 2.87 bits per heavy atom. The minimum atomic E-state index is -0.348. The van der Waals surface area contributed by atoms with E-state index < -0.39 is 0 Å². The van der Waals surface area contributed by atoms with Gasteiger partial charge in [0.25, 0.3) is 5.91 Å². The molecule has 0 bridgehead atoms. The van der Waals surface area contributed by atoms with Crippen LogP contribution in [0.25, 0.3) is 0 Å². The van der Waals surface area contributed by atoms with Crippen molar-refractivity contribution in [3.8, 4) is 0 Å². The molecule has 0 aromatic carbocycles. The summed E-state index contributed by atoms with van der Waals surface area (Å²) in [7, 11) is 1.87. The lowest BCUT2D eigenvalue weighted by Gasteiger charge is -2.37. The van der Waals surface area contributed by atoms with Crippen molar-refractivity contribution in [1.82, 2.24) is 20.0 Å². The topological polar surface area (TPSA) is 69.3 Å². The summed E-state index contributed by atoms with van der Waals surface area (Å²) >= 11 is 0. The van der Waals surface area contributed by atoms with E-state index in [0.717, 1.165) is 62.7 Å². The van der Waals surface area contributed by atoms with Crippen molar-refractivity contribution in [3.05, 3.63) is 17.0 Å². The summed E-state index contributed by atoms with van der Waals surface area (Å²) < 4.78 is 0. The lowest BCUT2D eigenvalue weighted by Crippen LogP contribution is -2.48. The van der Waals surface area contributed by atoms with E-state index in [1.54, 1.807) is 0 Å². The van der Waals surface area contributed by atoms with Gasteiger partial charge in [-0.05, 0) is 44.9 Å². The molecule has 1 spiro atoms. The molecule has 0 saturated carbocycles. The summed E-state index contributed by atoms with van der Waals surface area (Å²) in [5.41, 5.74) is 2.48. The molecule has 0 radical (unpaired) electrons. The molecular weight excluding hydrogens is 292 g/mol. The first kappa shape index (κ1) is 14.7. The van der Waals surface area contributed by atoms with Crippen LogP contribution in [0.15, 0.2) is 0 Å². The molecular formula is C17H24N4O2. The summed E-state index contributed by atoms with van der Waals surface area (Å²) in [4.78, 5) is 29.2. The second-order valence-corrected chi connectivity index (χ2v) is 7.32. The van der Waals surface area contributed by atoms with Crippen LogP contribution in [0.1, 0.15) is 53.8 Å². The molecule has 1 aromatic rings. The number of aromatic amines is 1. The van der Waals surface area contributed by atoms with Crippen LogP contribution in [0.3, 0.4) is 0 Å². The highest BCUT2D eigenvalue weighted by molar-refractivity contribution is 5.95. The number of aryl methyl sites for hydroxylation is 1. The van der Waals surface area contributed by atoms with Gasteiger partial charge in [-0.25, -0.2) is 0 Å². The quantitative estimate of drug-likeness (QED) is 0.851. The zero-order valence-electron chi connectivity index (χ0n) is 13.7. The molecule has 3 aliphatic rings. The van der Waals surface area contributed by atoms with Gasteiger partial charge in [-0.1, -0.05) is 0 Å². The number of hydrogen-bond acceptors (Lipinski definition) is 3. The standard InChI is InChI=1S/C17H24N4O2/c1-20-9-4-7-17(16(20)23)8-10-21(11-17)15(22)14-12-5-2-3-6-13(12)18-19-14/h2-11H2,1H3,(H,18,19)/t17-/m1/s1. The summed E-state index contributed by atoms with van der Waals surface area (Å²) in [6.45, 7) is 2.05. The maximum absolute atomic E-state index is 12.9. The SMILES string of the molecule is CN1CCC[C@]2(CCN(C(=O)c3n[nH]c4c3CCCC4)C2)C1=O. The fourth-order valence-corrected chi connectivity index (χ4v) is 4.50. The predicted octanol–water partition coefficient (Wildman–Crippen LogP) is 1.37. The van der Waals surface area contributed by atoms with Gasteiger partial charge in [0.2, 0.25) is 5.91 Å². The predicted molar refractivity (Wildman–Crippen MR) is 85.1 cm³/mol.